The molecule has 2 aromatic rings. The molecule has 6 N–H and O–H groups in total. The van der Waals surface area contributed by atoms with Gasteiger partial charge in [0, 0.05) is 36.6 Å². The van der Waals surface area contributed by atoms with E-state index in [9.17, 15) is 4.39 Å². The highest BCUT2D eigenvalue weighted by Crippen LogP contribution is 2.33. The van der Waals surface area contributed by atoms with Crippen LogP contribution in [0.15, 0.2) is 18.2 Å². The normalized spacial score (nSPS) is 17.5. The van der Waals surface area contributed by atoms with E-state index in [4.69, 9.17) is 17.2 Å². The first kappa shape index (κ1) is 18.4. The monoisotopic (exact) mass is 358 g/mol. The number of hydrogen-bond acceptors (Lipinski definition) is 6. The lowest BCUT2D eigenvalue weighted by Gasteiger charge is -2.32. The van der Waals surface area contributed by atoms with Crippen LogP contribution < -0.4 is 22.1 Å². The van der Waals surface area contributed by atoms with E-state index in [0.717, 1.165) is 56.7 Å². The molecule has 0 aliphatic carbocycles. The summed E-state index contributed by atoms with van der Waals surface area (Å²) < 4.78 is 14.0. The zero-order chi connectivity index (χ0) is 18.7. The largest absolute Gasteiger partial charge is 0.398 e. The van der Waals surface area contributed by atoms with Crippen molar-refractivity contribution in [3.8, 4) is 11.4 Å². The lowest BCUT2D eigenvalue weighted by molar-refractivity contribution is 0.503. The van der Waals surface area contributed by atoms with Gasteiger partial charge in [-0.25, -0.2) is 14.4 Å². The van der Waals surface area contributed by atoms with Crippen molar-refractivity contribution in [1.82, 2.24) is 9.97 Å². The molecule has 1 atom stereocenters. The molecule has 0 spiro atoms. The van der Waals surface area contributed by atoms with Crippen LogP contribution in [0.4, 0.5) is 21.6 Å². The smallest absolute Gasteiger partial charge is 0.166 e. The van der Waals surface area contributed by atoms with Crippen LogP contribution >= 0.6 is 0 Å². The van der Waals surface area contributed by atoms with Crippen LogP contribution in [0.25, 0.3) is 11.4 Å². The van der Waals surface area contributed by atoms with Gasteiger partial charge in [0.1, 0.15) is 11.6 Å². The Morgan fingerprint density at radius 3 is 2.81 bits per heavy atom. The van der Waals surface area contributed by atoms with Gasteiger partial charge >= 0.3 is 0 Å². The fourth-order valence-corrected chi connectivity index (χ4v) is 3.32. The Morgan fingerprint density at radius 2 is 2.08 bits per heavy atom. The molecular weight excluding hydrogens is 331 g/mol. The Morgan fingerprint density at radius 1 is 1.27 bits per heavy atom. The van der Waals surface area contributed by atoms with Gasteiger partial charge in [-0.3, -0.25) is 0 Å². The van der Waals surface area contributed by atoms with Crippen LogP contribution in [0.5, 0.6) is 0 Å². The summed E-state index contributed by atoms with van der Waals surface area (Å²) in [4.78, 5) is 11.5. The SMILES string of the molecule is CCCCc1cc(N2CCCC(N)C2)nc(-c2c(N)ccc(F)c2N)n1. The van der Waals surface area contributed by atoms with Crippen molar-refractivity contribution in [2.45, 2.75) is 45.1 Å². The minimum Gasteiger partial charge on any atom is -0.398 e. The fraction of sp³-hybridized carbons (Fsp3) is 0.474. The van der Waals surface area contributed by atoms with Crippen LogP contribution in [0.1, 0.15) is 38.3 Å². The van der Waals surface area contributed by atoms with Crippen molar-refractivity contribution in [2.75, 3.05) is 29.5 Å². The van der Waals surface area contributed by atoms with Crippen LogP contribution in [-0.2, 0) is 6.42 Å². The average Bonchev–Trinajstić information content (AvgIpc) is 2.63. The second-order valence-electron chi connectivity index (χ2n) is 6.92. The maximum Gasteiger partial charge on any atom is 0.166 e. The number of nitrogen functional groups attached to an aromatic ring is 2. The lowest BCUT2D eigenvalue weighted by Crippen LogP contribution is -2.43. The van der Waals surface area contributed by atoms with Crippen molar-refractivity contribution < 1.29 is 4.39 Å². The molecule has 1 aromatic heterocycles. The maximum absolute atomic E-state index is 14.0. The molecule has 1 aliphatic rings. The van der Waals surface area contributed by atoms with Gasteiger partial charge in [0.15, 0.2) is 5.82 Å². The molecule has 0 bridgehead atoms. The van der Waals surface area contributed by atoms with E-state index in [1.54, 1.807) is 0 Å². The molecule has 0 radical (unpaired) electrons. The third kappa shape index (κ3) is 3.88. The average molecular weight is 358 g/mol. The highest BCUT2D eigenvalue weighted by molar-refractivity contribution is 5.83. The van der Waals surface area contributed by atoms with E-state index < -0.39 is 5.82 Å². The topological polar surface area (TPSA) is 107 Å². The predicted molar refractivity (Wildman–Crippen MR) is 104 cm³/mol. The number of benzene rings is 1. The molecular formula is C19H27FN6. The molecule has 1 saturated heterocycles. The summed E-state index contributed by atoms with van der Waals surface area (Å²) >= 11 is 0. The first-order valence-corrected chi connectivity index (χ1v) is 9.22. The van der Waals surface area contributed by atoms with E-state index in [0.29, 0.717) is 17.1 Å². The van der Waals surface area contributed by atoms with Gasteiger partial charge in [-0.05, 0) is 37.8 Å². The molecule has 3 rings (SSSR count). The van der Waals surface area contributed by atoms with Gasteiger partial charge in [-0.15, -0.1) is 0 Å². The molecule has 0 saturated carbocycles. The number of halogens is 1. The standard InChI is InChI=1S/C19H27FN6/c1-2-3-6-13-10-16(26-9-4-5-12(21)11-26)25-19(24-13)17-15(22)8-7-14(20)18(17)23/h7-8,10,12H,2-6,9,11,21-23H2,1H3. The van der Waals surface area contributed by atoms with Gasteiger partial charge in [0.2, 0.25) is 0 Å². The van der Waals surface area contributed by atoms with E-state index in [2.05, 4.69) is 21.8 Å². The summed E-state index contributed by atoms with van der Waals surface area (Å²) in [5, 5.41) is 0. The second kappa shape index (κ2) is 7.86. The van der Waals surface area contributed by atoms with Crippen LogP contribution in [-0.4, -0.2) is 29.1 Å². The Kier molecular flexibility index (Phi) is 5.56. The Balaban J connectivity index is 2.07. The van der Waals surface area contributed by atoms with Crippen LogP contribution in [0, 0.1) is 5.82 Å². The molecule has 1 aromatic carbocycles. The van der Waals surface area contributed by atoms with E-state index in [1.165, 1.54) is 12.1 Å². The summed E-state index contributed by atoms with van der Waals surface area (Å²) in [5.74, 6) is 0.667. The molecule has 0 amide bonds. The summed E-state index contributed by atoms with van der Waals surface area (Å²) in [6, 6.07) is 4.90. The number of piperidine rings is 1. The van der Waals surface area contributed by atoms with Crippen molar-refractivity contribution in [2.24, 2.45) is 5.73 Å². The first-order valence-electron chi connectivity index (χ1n) is 9.22. The van der Waals surface area contributed by atoms with Crippen molar-refractivity contribution in [1.29, 1.82) is 0 Å². The third-order valence-electron chi connectivity index (χ3n) is 4.78. The Hall–Kier alpha value is -2.41. The molecule has 2 heterocycles. The number of aryl methyl sites for hydroxylation is 1. The summed E-state index contributed by atoms with van der Waals surface area (Å²) in [6.45, 7) is 3.78. The number of nitrogens with two attached hydrogens (primary N) is 3. The molecule has 26 heavy (non-hydrogen) atoms. The number of nitrogens with zero attached hydrogens (tertiary/aromatic N) is 3. The zero-order valence-corrected chi connectivity index (χ0v) is 15.2. The second-order valence-corrected chi connectivity index (χ2v) is 6.92. The summed E-state index contributed by atoms with van der Waals surface area (Å²) in [7, 11) is 0. The minimum absolute atomic E-state index is 0.0149. The van der Waals surface area contributed by atoms with Crippen LogP contribution in [0.2, 0.25) is 0 Å². The molecule has 1 unspecified atom stereocenters. The minimum atomic E-state index is -0.515. The molecule has 140 valence electrons. The van der Waals surface area contributed by atoms with Gasteiger partial charge in [-0.2, -0.15) is 0 Å². The van der Waals surface area contributed by atoms with Gasteiger partial charge < -0.3 is 22.1 Å². The Labute approximate surface area is 153 Å². The van der Waals surface area contributed by atoms with Crippen molar-refractivity contribution >= 4 is 17.2 Å². The van der Waals surface area contributed by atoms with Crippen molar-refractivity contribution in [3.63, 3.8) is 0 Å². The van der Waals surface area contributed by atoms with Gasteiger partial charge in [0.25, 0.3) is 0 Å². The quantitative estimate of drug-likeness (QED) is 0.710. The Bertz CT molecular complexity index is 779. The van der Waals surface area contributed by atoms with Crippen molar-refractivity contribution in [3.05, 3.63) is 29.7 Å². The number of aromatic nitrogens is 2. The predicted octanol–water partition coefficient (Wildman–Crippen LogP) is 2.72. The zero-order valence-electron chi connectivity index (χ0n) is 15.2. The molecule has 1 fully saturated rings. The number of hydrogen-bond donors (Lipinski definition) is 3. The van der Waals surface area contributed by atoms with E-state index in [-0.39, 0.29) is 11.7 Å². The van der Waals surface area contributed by atoms with Crippen LogP contribution in [0.3, 0.4) is 0 Å². The lowest BCUT2D eigenvalue weighted by atomic mass is 10.1. The number of rotatable bonds is 5. The summed E-state index contributed by atoms with van der Waals surface area (Å²) in [6.07, 6.45) is 4.95. The molecule has 6 nitrogen and oxygen atoms in total. The van der Waals surface area contributed by atoms with E-state index >= 15 is 0 Å². The molecule has 7 heteroatoms. The number of unbranched alkanes of at least 4 members (excludes halogenated alkanes) is 1. The highest BCUT2D eigenvalue weighted by atomic mass is 19.1. The highest BCUT2D eigenvalue weighted by Gasteiger charge is 2.21. The maximum atomic E-state index is 14.0. The molecule has 1 aliphatic heterocycles. The fourth-order valence-electron chi connectivity index (χ4n) is 3.32. The third-order valence-corrected chi connectivity index (χ3v) is 4.78. The van der Waals surface area contributed by atoms with Gasteiger partial charge in [-0.1, -0.05) is 13.3 Å². The first-order chi connectivity index (χ1) is 12.5. The van der Waals surface area contributed by atoms with E-state index in [1.807, 2.05) is 6.07 Å². The summed E-state index contributed by atoms with van der Waals surface area (Å²) in [5.41, 5.74) is 19.8. The number of anilines is 3. The van der Waals surface area contributed by atoms with Gasteiger partial charge in [0.05, 0.1) is 11.3 Å².